The van der Waals surface area contributed by atoms with Crippen LogP contribution in [-0.2, 0) is 4.79 Å². The van der Waals surface area contributed by atoms with Gasteiger partial charge in [-0.25, -0.2) is 15.0 Å². The summed E-state index contributed by atoms with van der Waals surface area (Å²) in [5.74, 6) is 0.448. The average molecular weight is 232 g/mol. The number of fused-ring (bicyclic) bond motifs is 1. The first kappa shape index (κ1) is 11.1. The summed E-state index contributed by atoms with van der Waals surface area (Å²) >= 11 is 0. The second-order valence-corrected chi connectivity index (χ2v) is 3.24. The maximum atomic E-state index is 10.9. The van der Waals surface area contributed by atoms with E-state index in [2.05, 4.69) is 37.1 Å². The molecule has 0 fully saturated rings. The fourth-order valence-corrected chi connectivity index (χ4v) is 1.33. The van der Waals surface area contributed by atoms with E-state index in [9.17, 15) is 4.79 Å². The molecule has 0 bridgehead atoms. The molecule has 2 heterocycles. The molecule has 1 amide bonds. The highest BCUT2D eigenvalue weighted by Crippen LogP contribution is 2.13. The first-order chi connectivity index (χ1) is 8.31. The molecule has 0 unspecified atom stereocenters. The Kier molecular flexibility index (Phi) is 3.29. The van der Waals surface area contributed by atoms with Crippen LogP contribution in [-0.4, -0.2) is 38.9 Å². The minimum absolute atomic E-state index is 0.195. The van der Waals surface area contributed by atoms with Gasteiger partial charge in [-0.2, -0.15) is 0 Å². The standard InChI is InChI=1S/C10H12N6O/c1-2-7(17)11-3-4-12-9-8-10(14-5-13-8)16-6-15-9/h2,5-6H,1,3-4H2,(H,11,17)(H2,12,13,14,15,16). The van der Waals surface area contributed by atoms with Crippen LogP contribution in [0.25, 0.3) is 11.2 Å². The lowest BCUT2D eigenvalue weighted by atomic mass is 10.4. The molecule has 17 heavy (non-hydrogen) atoms. The van der Waals surface area contributed by atoms with E-state index in [0.29, 0.717) is 30.1 Å². The van der Waals surface area contributed by atoms with Crippen LogP contribution in [0.1, 0.15) is 0 Å². The molecule has 0 saturated carbocycles. The summed E-state index contributed by atoms with van der Waals surface area (Å²) in [5, 5.41) is 5.72. The maximum absolute atomic E-state index is 10.9. The number of aromatic nitrogens is 4. The van der Waals surface area contributed by atoms with Gasteiger partial charge in [-0.05, 0) is 6.08 Å². The molecule has 0 aliphatic heterocycles. The van der Waals surface area contributed by atoms with Crippen LogP contribution in [0, 0.1) is 0 Å². The zero-order chi connectivity index (χ0) is 12.1. The Morgan fingerprint density at radius 3 is 3.12 bits per heavy atom. The Hall–Kier alpha value is -2.44. The fraction of sp³-hybridized carbons (Fsp3) is 0.200. The minimum Gasteiger partial charge on any atom is -0.366 e. The first-order valence-corrected chi connectivity index (χ1v) is 5.09. The number of carbonyl (C=O) groups is 1. The molecule has 0 aromatic carbocycles. The van der Waals surface area contributed by atoms with Crippen LogP contribution in [0.5, 0.6) is 0 Å². The second kappa shape index (κ2) is 5.06. The number of amides is 1. The number of hydrogen-bond donors (Lipinski definition) is 3. The van der Waals surface area contributed by atoms with Gasteiger partial charge in [0.15, 0.2) is 11.5 Å². The normalized spacial score (nSPS) is 10.1. The molecule has 2 aromatic heterocycles. The summed E-state index contributed by atoms with van der Waals surface area (Å²) in [6, 6.07) is 0. The molecule has 0 atom stereocenters. The van der Waals surface area contributed by atoms with E-state index in [1.807, 2.05) is 0 Å². The van der Waals surface area contributed by atoms with E-state index >= 15 is 0 Å². The number of nitrogens with zero attached hydrogens (tertiary/aromatic N) is 3. The number of hydrogen-bond acceptors (Lipinski definition) is 5. The zero-order valence-corrected chi connectivity index (χ0v) is 9.10. The molecule has 7 heteroatoms. The molecule has 0 spiro atoms. The fourth-order valence-electron chi connectivity index (χ4n) is 1.33. The van der Waals surface area contributed by atoms with Crippen molar-refractivity contribution in [1.82, 2.24) is 25.3 Å². The zero-order valence-electron chi connectivity index (χ0n) is 9.10. The van der Waals surface area contributed by atoms with Gasteiger partial charge in [-0.3, -0.25) is 4.79 Å². The third kappa shape index (κ3) is 2.57. The Labute approximate surface area is 97.4 Å². The van der Waals surface area contributed by atoms with Crippen molar-refractivity contribution < 1.29 is 4.79 Å². The van der Waals surface area contributed by atoms with Gasteiger partial charge in [0.2, 0.25) is 5.91 Å². The van der Waals surface area contributed by atoms with Gasteiger partial charge in [0, 0.05) is 13.1 Å². The lowest BCUT2D eigenvalue weighted by Gasteiger charge is -2.05. The highest BCUT2D eigenvalue weighted by atomic mass is 16.1. The average Bonchev–Trinajstić information content (AvgIpc) is 2.83. The number of rotatable bonds is 5. The number of imidazole rings is 1. The van der Waals surface area contributed by atoms with E-state index < -0.39 is 0 Å². The van der Waals surface area contributed by atoms with Crippen LogP contribution < -0.4 is 10.6 Å². The number of H-pyrrole nitrogens is 1. The maximum Gasteiger partial charge on any atom is 0.243 e. The highest BCUT2D eigenvalue weighted by Gasteiger charge is 2.04. The summed E-state index contributed by atoms with van der Waals surface area (Å²) in [6.07, 6.45) is 4.24. The number of aromatic amines is 1. The SMILES string of the molecule is C=CC(=O)NCCNc1ncnc2[nH]cnc12. The molecule has 0 radical (unpaired) electrons. The number of nitrogens with one attached hydrogen (secondary N) is 3. The third-order valence-corrected chi connectivity index (χ3v) is 2.12. The molecule has 0 aliphatic rings. The van der Waals surface area contributed by atoms with E-state index in [1.54, 1.807) is 6.33 Å². The predicted octanol–water partition coefficient (Wildman–Crippen LogP) is 0.0670. The van der Waals surface area contributed by atoms with E-state index in [1.165, 1.54) is 12.4 Å². The van der Waals surface area contributed by atoms with Crippen molar-refractivity contribution >= 4 is 22.9 Å². The number of carbonyl (C=O) groups excluding carboxylic acids is 1. The quantitative estimate of drug-likeness (QED) is 0.500. The molecular weight excluding hydrogens is 220 g/mol. The Morgan fingerprint density at radius 1 is 1.41 bits per heavy atom. The summed E-state index contributed by atoms with van der Waals surface area (Å²) in [4.78, 5) is 26.0. The molecule has 88 valence electrons. The van der Waals surface area contributed by atoms with Crippen molar-refractivity contribution in [3.8, 4) is 0 Å². The summed E-state index contributed by atoms with van der Waals surface area (Å²) in [6.45, 7) is 4.41. The largest absolute Gasteiger partial charge is 0.366 e. The van der Waals surface area contributed by atoms with Crippen LogP contribution in [0.2, 0.25) is 0 Å². The van der Waals surface area contributed by atoms with E-state index in [-0.39, 0.29) is 5.91 Å². The van der Waals surface area contributed by atoms with Crippen LogP contribution >= 0.6 is 0 Å². The Morgan fingerprint density at radius 2 is 2.29 bits per heavy atom. The molecule has 3 N–H and O–H groups in total. The lowest BCUT2D eigenvalue weighted by Crippen LogP contribution is -2.27. The highest BCUT2D eigenvalue weighted by molar-refractivity contribution is 5.86. The molecule has 2 rings (SSSR count). The smallest absolute Gasteiger partial charge is 0.243 e. The van der Waals surface area contributed by atoms with Crippen molar-refractivity contribution in [1.29, 1.82) is 0 Å². The molecule has 0 aliphatic carbocycles. The van der Waals surface area contributed by atoms with Crippen molar-refractivity contribution in [2.45, 2.75) is 0 Å². The predicted molar refractivity (Wildman–Crippen MR) is 63.4 cm³/mol. The molecule has 7 nitrogen and oxygen atoms in total. The van der Waals surface area contributed by atoms with Gasteiger partial charge in [-0.1, -0.05) is 6.58 Å². The van der Waals surface area contributed by atoms with Crippen molar-refractivity contribution in [3.05, 3.63) is 25.3 Å². The third-order valence-electron chi connectivity index (χ3n) is 2.12. The van der Waals surface area contributed by atoms with Crippen LogP contribution in [0.4, 0.5) is 5.82 Å². The van der Waals surface area contributed by atoms with Crippen LogP contribution in [0.3, 0.4) is 0 Å². The van der Waals surface area contributed by atoms with Gasteiger partial charge in [-0.15, -0.1) is 0 Å². The van der Waals surface area contributed by atoms with Crippen molar-refractivity contribution in [2.75, 3.05) is 18.4 Å². The minimum atomic E-state index is -0.195. The second-order valence-electron chi connectivity index (χ2n) is 3.24. The van der Waals surface area contributed by atoms with Gasteiger partial charge < -0.3 is 15.6 Å². The summed E-state index contributed by atoms with van der Waals surface area (Å²) < 4.78 is 0. The molecule has 0 saturated heterocycles. The first-order valence-electron chi connectivity index (χ1n) is 5.09. The van der Waals surface area contributed by atoms with Gasteiger partial charge in [0.25, 0.3) is 0 Å². The van der Waals surface area contributed by atoms with Gasteiger partial charge >= 0.3 is 0 Å². The van der Waals surface area contributed by atoms with Crippen molar-refractivity contribution in [3.63, 3.8) is 0 Å². The summed E-state index contributed by atoms with van der Waals surface area (Å²) in [7, 11) is 0. The monoisotopic (exact) mass is 232 g/mol. The summed E-state index contributed by atoms with van der Waals surface area (Å²) in [5.41, 5.74) is 1.36. The van der Waals surface area contributed by atoms with Gasteiger partial charge in [0.1, 0.15) is 11.8 Å². The molecule has 2 aromatic rings. The van der Waals surface area contributed by atoms with E-state index in [0.717, 1.165) is 0 Å². The van der Waals surface area contributed by atoms with Crippen molar-refractivity contribution in [2.24, 2.45) is 0 Å². The molecular formula is C10H12N6O. The number of anilines is 1. The van der Waals surface area contributed by atoms with E-state index in [4.69, 9.17) is 0 Å². The lowest BCUT2D eigenvalue weighted by molar-refractivity contribution is -0.116. The van der Waals surface area contributed by atoms with Crippen LogP contribution in [0.15, 0.2) is 25.3 Å². The topological polar surface area (TPSA) is 95.6 Å². The Bertz CT molecular complexity index is 534. The van der Waals surface area contributed by atoms with Gasteiger partial charge in [0.05, 0.1) is 6.33 Å². The Balaban J connectivity index is 1.93.